The number of hydrogen-bond acceptors (Lipinski definition) is 7. The number of hydrogen-bond donors (Lipinski definition) is 0. The summed E-state index contributed by atoms with van der Waals surface area (Å²) in [6.07, 6.45) is -0.0247. The summed E-state index contributed by atoms with van der Waals surface area (Å²) in [7, 11) is 0. The van der Waals surface area contributed by atoms with Crippen LogP contribution in [0.1, 0.15) is 13.3 Å². The minimum Gasteiger partial charge on any atom is -0.392 e. The predicted molar refractivity (Wildman–Crippen MR) is 90.2 cm³/mol. The minimum absolute atomic E-state index is 0.0247. The van der Waals surface area contributed by atoms with Gasteiger partial charge in [-0.3, -0.25) is 14.4 Å². The van der Waals surface area contributed by atoms with Gasteiger partial charge in [0.05, 0.1) is 22.0 Å². The fourth-order valence-electron chi connectivity index (χ4n) is 2.34. The van der Waals surface area contributed by atoms with E-state index in [2.05, 4.69) is 9.84 Å². The number of amides is 1. The van der Waals surface area contributed by atoms with E-state index >= 15 is 0 Å². The van der Waals surface area contributed by atoms with E-state index in [0.717, 1.165) is 11.8 Å². The van der Waals surface area contributed by atoms with Gasteiger partial charge in [-0.05, 0) is 19.1 Å². The van der Waals surface area contributed by atoms with Crippen molar-refractivity contribution in [2.45, 2.75) is 18.6 Å². The van der Waals surface area contributed by atoms with Gasteiger partial charge in [-0.1, -0.05) is 30.4 Å². The van der Waals surface area contributed by atoms with Crippen LogP contribution < -0.4 is 5.01 Å². The minimum atomic E-state index is -0.682. The van der Waals surface area contributed by atoms with E-state index in [-0.39, 0.29) is 12.3 Å². The topological polar surface area (TPSA) is 76.0 Å². The van der Waals surface area contributed by atoms with E-state index in [0.29, 0.717) is 15.6 Å². The number of nitrogens with zero attached hydrogens (tertiary/aromatic N) is 2. The highest BCUT2D eigenvalue weighted by molar-refractivity contribution is 8.24. The number of hydrazone groups is 1. The Morgan fingerprint density at radius 3 is 2.61 bits per heavy atom. The third-order valence-corrected chi connectivity index (χ3v) is 5.09. The lowest BCUT2D eigenvalue weighted by Gasteiger charge is -2.15. The molecule has 2 heterocycles. The molecule has 0 N–H and O–H groups in total. The fraction of sp³-hybridized carbons (Fsp3) is 0.267. The largest absolute Gasteiger partial charge is 0.392 e. The number of carbonyl (C=O) groups excluding carboxylic acids is 3. The zero-order valence-corrected chi connectivity index (χ0v) is 13.7. The maximum atomic E-state index is 12.6. The Balaban J connectivity index is 1.75. The van der Waals surface area contributed by atoms with E-state index < -0.39 is 23.1 Å². The first-order valence-corrected chi connectivity index (χ1v) is 8.15. The first-order valence-electron chi connectivity index (χ1n) is 6.86. The van der Waals surface area contributed by atoms with Gasteiger partial charge in [0.25, 0.3) is 5.91 Å². The lowest BCUT2D eigenvalue weighted by molar-refractivity contribution is -0.151. The lowest BCUT2D eigenvalue weighted by Crippen LogP contribution is -2.31. The fourth-order valence-corrected chi connectivity index (χ4v) is 4.02. The molecule has 8 heteroatoms. The molecule has 0 spiro atoms. The highest BCUT2D eigenvalue weighted by Crippen LogP contribution is 2.32. The first kappa shape index (κ1) is 15.8. The van der Waals surface area contributed by atoms with Gasteiger partial charge in [0.1, 0.15) is 11.2 Å². The molecule has 2 aliphatic heterocycles. The van der Waals surface area contributed by atoms with Gasteiger partial charge >= 0.3 is 11.9 Å². The second-order valence-corrected chi connectivity index (χ2v) is 7.03. The molecule has 6 nitrogen and oxygen atoms in total. The quantitative estimate of drug-likeness (QED) is 0.472. The second kappa shape index (κ2) is 6.21. The Bertz CT molecular complexity index is 732. The van der Waals surface area contributed by atoms with Crippen LogP contribution in [0.25, 0.3) is 0 Å². The van der Waals surface area contributed by atoms with Crippen LogP contribution >= 0.6 is 24.0 Å². The van der Waals surface area contributed by atoms with E-state index in [1.54, 1.807) is 19.1 Å². The van der Waals surface area contributed by atoms with Gasteiger partial charge in [0.15, 0.2) is 0 Å². The Labute approximate surface area is 141 Å². The zero-order valence-electron chi connectivity index (χ0n) is 12.1. The molecular formula is C15H12N2O4S2. The van der Waals surface area contributed by atoms with Crippen LogP contribution in [-0.4, -0.2) is 33.0 Å². The highest BCUT2D eigenvalue weighted by Gasteiger charge is 2.41. The standard InChI is InChI=1S/C15H12N2O4S2/c1-8-12(15(22)23-10-7-11(18)21-14(10)20)13(19)17(16-8)9-5-3-2-4-6-9/h2-6,10,12H,7H2,1H3/t10-,12+/m0/s1. The third-order valence-electron chi connectivity index (χ3n) is 3.46. The summed E-state index contributed by atoms with van der Waals surface area (Å²) in [5.74, 6) is -2.12. The number of rotatable bonds is 3. The number of benzene rings is 1. The van der Waals surface area contributed by atoms with Crippen molar-refractivity contribution in [1.29, 1.82) is 0 Å². The summed E-state index contributed by atoms with van der Waals surface area (Å²) in [6, 6.07) is 9.03. The molecule has 3 rings (SSSR count). The van der Waals surface area contributed by atoms with Gasteiger partial charge in [-0.15, -0.1) is 11.8 Å². The molecule has 1 aromatic rings. The molecule has 1 aromatic carbocycles. The van der Waals surface area contributed by atoms with E-state index in [4.69, 9.17) is 12.2 Å². The number of para-hydroxylation sites is 1. The van der Waals surface area contributed by atoms with E-state index in [1.807, 2.05) is 18.2 Å². The molecule has 0 aliphatic carbocycles. The van der Waals surface area contributed by atoms with E-state index in [9.17, 15) is 14.4 Å². The van der Waals surface area contributed by atoms with Crippen molar-refractivity contribution in [1.82, 2.24) is 0 Å². The van der Waals surface area contributed by atoms with Crippen LogP contribution in [0.4, 0.5) is 5.69 Å². The maximum absolute atomic E-state index is 12.6. The number of thiocarbonyl (C=S) groups is 1. The van der Waals surface area contributed by atoms with E-state index in [1.165, 1.54) is 5.01 Å². The number of esters is 2. The van der Waals surface area contributed by atoms with Crippen molar-refractivity contribution in [3.8, 4) is 0 Å². The summed E-state index contributed by atoms with van der Waals surface area (Å²) in [5, 5.41) is 4.90. The smallest absolute Gasteiger partial charge is 0.327 e. The van der Waals surface area contributed by atoms with Crippen molar-refractivity contribution in [2.75, 3.05) is 5.01 Å². The lowest BCUT2D eigenvalue weighted by atomic mass is 10.1. The van der Waals surface area contributed by atoms with Crippen molar-refractivity contribution >= 4 is 57.4 Å². The number of carbonyl (C=O) groups is 3. The summed E-state index contributed by atoms with van der Waals surface area (Å²) >= 11 is 6.34. The monoisotopic (exact) mass is 348 g/mol. The van der Waals surface area contributed by atoms with Crippen LogP contribution in [0.15, 0.2) is 35.4 Å². The van der Waals surface area contributed by atoms with Gasteiger partial charge in [0, 0.05) is 0 Å². The Morgan fingerprint density at radius 2 is 2.00 bits per heavy atom. The molecule has 118 valence electrons. The second-order valence-electron chi connectivity index (χ2n) is 5.08. The SMILES string of the molecule is CC1=NN(c2ccccc2)C(=O)[C@@H]1C(=S)S[C@H]1CC(=O)OC1=O. The van der Waals surface area contributed by atoms with Crippen LogP contribution in [0, 0.1) is 5.92 Å². The normalized spacial score (nSPS) is 24.0. The molecule has 0 unspecified atom stereocenters. The van der Waals surface area contributed by atoms with Gasteiger partial charge in [-0.2, -0.15) is 10.1 Å². The number of thioether (sulfide) groups is 1. The summed E-state index contributed by atoms with van der Waals surface area (Å²) in [6.45, 7) is 1.72. The Morgan fingerprint density at radius 1 is 1.30 bits per heavy atom. The molecule has 1 amide bonds. The Hall–Kier alpha value is -2.06. The average molecular weight is 348 g/mol. The molecule has 2 aliphatic rings. The predicted octanol–water partition coefficient (Wildman–Crippen LogP) is 1.93. The molecule has 2 atom stereocenters. The van der Waals surface area contributed by atoms with Crippen molar-refractivity contribution < 1.29 is 19.1 Å². The summed E-state index contributed by atoms with van der Waals surface area (Å²) < 4.78 is 4.82. The molecule has 0 aromatic heterocycles. The molecular weight excluding hydrogens is 336 g/mol. The molecule has 1 saturated heterocycles. The third kappa shape index (κ3) is 3.04. The summed E-state index contributed by atoms with van der Waals surface area (Å²) in [5.41, 5.74) is 1.22. The van der Waals surface area contributed by atoms with Crippen LogP contribution in [0.5, 0.6) is 0 Å². The molecule has 0 bridgehead atoms. The van der Waals surface area contributed by atoms with Gasteiger partial charge < -0.3 is 4.74 Å². The Kier molecular flexibility index (Phi) is 4.27. The highest BCUT2D eigenvalue weighted by atomic mass is 32.2. The van der Waals surface area contributed by atoms with Crippen molar-refractivity contribution in [3.63, 3.8) is 0 Å². The zero-order chi connectivity index (χ0) is 16.6. The van der Waals surface area contributed by atoms with Crippen molar-refractivity contribution in [3.05, 3.63) is 30.3 Å². The number of ether oxygens (including phenoxy) is 1. The first-order chi connectivity index (χ1) is 11.0. The van der Waals surface area contributed by atoms with Crippen LogP contribution in [0.2, 0.25) is 0 Å². The molecule has 1 fully saturated rings. The molecule has 0 saturated carbocycles. The maximum Gasteiger partial charge on any atom is 0.327 e. The summed E-state index contributed by atoms with van der Waals surface area (Å²) in [4.78, 5) is 35.3. The van der Waals surface area contributed by atoms with Crippen LogP contribution in [-0.2, 0) is 19.1 Å². The van der Waals surface area contributed by atoms with Gasteiger partial charge in [0.2, 0.25) is 0 Å². The number of cyclic esters (lactones) is 2. The molecule has 0 radical (unpaired) electrons. The average Bonchev–Trinajstić information content (AvgIpc) is 2.98. The van der Waals surface area contributed by atoms with Gasteiger partial charge in [-0.25, -0.2) is 0 Å². The van der Waals surface area contributed by atoms with Crippen molar-refractivity contribution in [2.24, 2.45) is 11.0 Å². The van der Waals surface area contributed by atoms with Crippen LogP contribution in [0.3, 0.4) is 0 Å². The number of anilines is 1. The molecule has 23 heavy (non-hydrogen) atoms.